The molecule has 0 saturated carbocycles. The number of halogens is 2. The molecule has 19 heavy (non-hydrogen) atoms. The van der Waals surface area contributed by atoms with Crippen LogP contribution in [0.15, 0.2) is 6.07 Å². The van der Waals surface area contributed by atoms with Gasteiger partial charge in [0.25, 0.3) is 0 Å². The molecule has 1 aliphatic heterocycles. The third kappa shape index (κ3) is 3.63. The third-order valence-electron chi connectivity index (χ3n) is 3.71. The van der Waals surface area contributed by atoms with E-state index in [2.05, 4.69) is 11.8 Å². The van der Waals surface area contributed by atoms with E-state index >= 15 is 0 Å². The number of carbonyl (C=O) groups is 1. The average molecular weight is 322 g/mol. The Morgan fingerprint density at radius 1 is 1.58 bits per heavy atom. The van der Waals surface area contributed by atoms with E-state index in [1.807, 2.05) is 6.07 Å². The first kappa shape index (κ1) is 15.1. The average Bonchev–Trinajstić information content (AvgIpc) is 2.67. The summed E-state index contributed by atoms with van der Waals surface area (Å²) in [4.78, 5) is 13.2. The normalized spacial score (nSPS) is 22.4. The second-order valence-corrected chi connectivity index (χ2v) is 7.23. The van der Waals surface area contributed by atoms with Crippen LogP contribution in [0.25, 0.3) is 0 Å². The summed E-state index contributed by atoms with van der Waals surface area (Å²) in [6.07, 6.45) is 3.33. The molecular weight excluding hydrogens is 305 g/mol. The number of thiophene rings is 1. The lowest BCUT2D eigenvalue weighted by Gasteiger charge is -2.39. The maximum absolute atomic E-state index is 11.0. The number of hydrogen-bond donors (Lipinski definition) is 1. The summed E-state index contributed by atoms with van der Waals surface area (Å²) in [6, 6.07) is 2.10. The van der Waals surface area contributed by atoms with Gasteiger partial charge in [0.1, 0.15) is 0 Å². The van der Waals surface area contributed by atoms with Crippen LogP contribution in [0.5, 0.6) is 0 Å². The highest BCUT2D eigenvalue weighted by atomic mass is 35.5. The number of nitrogens with zero attached hydrogens (tertiary/aromatic N) is 1. The topological polar surface area (TPSA) is 40.5 Å². The van der Waals surface area contributed by atoms with Crippen molar-refractivity contribution in [3.8, 4) is 0 Å². The van der Waals surface area contributed by atoms with E-state index in [0.717, 1.165) is 31.4 Å². The van der Waals surface area contributed by atoms with E-state index < -0.39 is 5.97 Å². The molecular formula is C13H17Cl2NO2S. The summed E-state index contributed by atoms with van der Waals surface area (Å²) in [7, 11) is 0. The van der Waals surface area contributed by atoms with E-state index in [9.17, 15) is 4.79 Å². The molecule has 106 valence electrons. The number of hydrogen-bond acceptors (Lipinski definition) is 3. The molecule has 1 aromatic heterocycles. The Hall–Kier alpha value is -0.290. The smallest absolute Gasteiger partial charge is 0.304 e. The molecule has 1 aliphatic rings. The highest BCUT2D eigenvalue weighted by molar-refractivity contribution is 7.20. The molecule has 0 amide bonds. The van der Waals surface area contributed by atoms with Crippen molar-refractivity contribution in [1.82, 2.24) is 4.90 Å². The van der Waals surface area contributed by atoms with Gasteiger partial charge in [0.05, 0.1) is 15.1 Å². The zero-order valence-electron chi connectivity index (χ0n) is 10.7. The zero-order valence-corrected chi connectivity index (χ0v) is 13.1. The summed E-state index contributed by atoms with van der Waals surface area (Å²) < 4.78 is 1.38. The molecule has 0 bridgehead atoms. The molecule has 6 heteroatoms. The van der Waals surface area contributed by atoms with Gasteiger partial charge in [-0.1, -0.05) is 29.6 Å². The van der Waals surface area contributed by atoms with Gasteiger partial charge >= 0.3 is 5.97 Å². The number of likely N-dealkylation sites (tertiary alicyclic amines) is 1. The van der Waals surface area contributed by atoms with Crippen molar-refractivity contribution in [2.24, 2.45) is 0 Å². The first-order chi connectivity index (χ1) is 8.99. The monoisotopic (exact) mass is 321 g/mol. The van der Waals surface area contributed by atoms with Gasteiger partial charge in [-0.15, -0.1) is 11.3 Å². The van der Waals surface area contributed by atoms with Gasteiger partial charge in [-0.05, 0) is 32.4 Å². The van der Waals surface area contributed by atoms with Crippen LogP contribution in [0.4, 0.5) is 0 Å². The lowest BCUT2D eigenvalue weighted by Crippen LogP contribution is -2.42. The van der Waals surface area contributed by atoms with Crippen LogP contribution in [0.3, 0.4) is 0 Å². The Labute approximate surface area is 127 Å². The summed E-state index contributed by atoms with van der Waals surface area (Å²) in [6.45, 7) is 2.99. The van der Waals surface area contributed by atoms with Gasteiger partial charge in [0.15, 0.2) is 0 Å². The van der Waals surface area contributed by atoms with Crippen LogP contribution in [0.2, 0.25) is 8.67 Å². The molecule has 2 atom stereocenters. The molecule has 2 unspecified atom stereocenters. The van der Waals surface area contributed by atoms with Crippen molar-refractivity contribution in [2.75, 3.05) is 6.54 Å². The van der Waals surface area contributed by atoms with Crippen LogP contribution in [-0.2, 0) is 4.79 Å². The minimum atomic E-state index is -0.737. The van der Waals surface area contributed by atoms with Crippen molar-refractivity contribution in [3.63, 3.8) is 0 Å². The summed E-state index contributed by atoms with van der Waals surface area (Å²) in [5, 5.41) is 9.02. The van der Waals surface area contributed by atoms with Crippen LogP contribution < -0.4 is 0 Å². The number of aliphatic carboxylic acids is 1. The van der Waals surface area contributed by atoms with Crippen molar-refractivity contribution in [3.05, 3.63) is 20.3 Å². The lowest BCUT2D eigenvalue weighted by atomic mass is 9.96. The number of rotatable bonds is 4. The molecule has 1 fully saturated rings. The summed E-state index contributed by atoms with van der Waals surface area (Å²) >= 11 is 13.6. The third-order valence-corrected chi connectivity index (χ3v) is 5.23. The fraction of sp³-hybridized carbons (Fsp3) is 0.615. The van der Waals surface area contributed by atoms with Crippen molar-refractivity contribution < 1.29 is 9.90 Å². The Morgan fingerprint density at radius 2 is 2.32 bits per heavy atom. The van der Waals surface area contributed by atoms with Crippen LogP contribution >= 0.6 is 34.5 Å². The molecule has 2 rings (SSSR count). The maximum atomic E-state index is 11.0. The quantitative estimate of drug-likeness (QED) is 0.890. The summed E-state index contributed by atoms with van der Waals surface area (Å²) in [5.41, 5.74) is 1.01. The van der Waals surface area contributed by atoms with E-state index in [1.165, 1.54) is 11.3 Å². The Morgan fingerprint density at radius 3 is 2.89 bits per heavy atom. The second kappa shape index (κ2) is 6.44. The molecule has 2 heterocycles. The van der Waals surface area contributed by atoms with Crippen LogP contribution in [-0.4, -0.2) is 28.6 Å². The number of carboxylic acid groups (broad SMARTS) is 1. The molecule has 1 N–H and O–H groups in total. The zero-order chi connectivity index (χ0) is 14.0. The van der Waals surface area contributed by atoms with Crippen LogP contribution in [0.1, 0.15) is 44.2 Å². The van der Waals surface area contributed by atoms with E-state index in [0.29, 0.717) is 8.67 Å². The van der Waals surface area contributed by atoms with Gasteiger partial charge < -0.3 is 5.11 Å². The fourth-order valence-corrected chi connectivity index (χ4v) is 4.40. The molecule has 0 aromatic carbocycles. The van der Waals surface area contributed by atoms with Gasteiger partial charge in [-0.3, -0.25) is 9.69 Å². The SMILES string of the molecule is CC(c1cc(Cl)sc1Cl)N1CCCCC1CC(=O)O. The van der Waals surface area contributed by atoms with Gasteiger partial charge in [0.2, 0.25) is 0 Å². The predicted molar refractivity (Wildman–Crippen MR) is 79.4 cm³/mol. The van der Waals surface area contributed by atoms with Crippen molar-refractivity contribution in [1.29, 1.82) is 0 Å². The fourth-order valence-electron chi connectivity index (χ4n) is 2.77. The van der Waals surface area contributed by atoms with Crippen LogP contribution in [0, 0.1) is 0 Å². The Kier molecular flexibility index (Phi) is 5.12. The van der Waals surface area contributed by atoms with Gasteiger partial charge in [0, 0.05) is 17.6 Å². The van der Waals surface area contributed by atoms with Crippen molar-refractivity contribution >= 4 is 40.5 Å². The Balaban J connectivity index is 2.17. The molecule has 1 saturated heterocycles. The minimum Gasteiger partial charge on any atom is -0.481 e. The molecule has 3 nitrogen and oxygen atoms in total. The van der Waals surface area contributed by atoms with Gasteiger partial charge in [-0.25, -0.2) is 0 Å². The van der Waals surface area contributed by atoms with Gasteiger partial charge in [-0.2, -0.15) is 0 Å². The standard InChI is InChI=1S/C13H17Cl2NO2S/c1-8(10-7-11(14)19-13(10)15)16-5-3-2-4-9(16)6-12(17)18/h7-9H,2-6H2,1H3,(H,17,18). The molecule has 0 radical (unpaired) electrons. The number of carboxylic acids is 1. The van der Waals surface area contributed by atoms with E-state index in [4.69, 9.17) is 28.3 Å². The lowest BCUT2D eigenvalue weighted by molar-refractivity contribution is -0.139. The molecule has 0 spiro atoms. The Bertz CT molecular complexity index is 463. The molecule has 1 aromatic rings. The largest absolute Gasteiger partial charge is 0.481 e. The minimum absolute atomic E-state index is 0.0935. The highest BCUT2D eigenvalue weighted by Gasteiger charge is 2.30. The maximum Gasteiger partial charge on any atom is 0.304 e. The first-order valence-corrected chi connectivity index (χ1v) is 7.98. The second-order valence-electron chi connectivity index (χ2n) is 4.94. The summed E-state index contributed by atoms with van der Waals surface area (Å²) in [5.74, 6) is -0.737. The number of piperidine rings is 1. The predicted octanol–water partition coefficient (Wildman–Crippen LogP) is 4.45. The van der Waals surface area contributed by atoms with E-state index in [-0.39, 0.29) is 18.5 Å². The molecule has 0 aliphatic carbocycles. The van der Waals surface area contributed by atoms with Crippen molar-refractivity contribution in [2.45, 2.75) is 44.7 Å². The first-order valence-electron chi connectivity index (χ1n) is 6.41. The van der Waals surface area contributed by atoms with E-state index in [1.54, 1.807) is 0 Å². The highest BCUT2D eigenvalue weighted by Crippen LogP contribution is 2.39.